The standard InChI is InChI=1S/C24H20FN7OS/c1-32-20-7-3-2-6-18(20)29-23(32)31-22(33)15-9-10-17(25)19(12-15)27-13-16-14-28-24(34-16)30-21-8-4-5-11-26-21/h2-12,14,27H,13H2,1H3,(H,26,28,30)(H,29,31,33). The molecule has 0 bridgehead atoms. The largest absolute Gasteiger partial charge is 0.378 e. The van der Waals surface area contributed by atoms with Crippen molar-refractivity contribution in [3.05, 3.63) is 89.3 Å². The average Bonchev–Trinajstić information content (AvgIpc) is 3.43. The number of anilines is 4. The van der Waals surface area contributed by atoms with Gasteiger partial charge in [0.05, 0.1) is 23.3 Å². The van der Waals surface area contributed by atoms with E-state index in [1.165, 1.54) is 29.5 Å². The average molecular weight is 474 g/mol. The summed E-state index contributed by atoms with van der Waals surface area (Å²) in [6, 6.07) is 17.4. The molecule has 170 valence electrons. The van der Waals surface area contributed by atoms with E-state index < -0.39 is 5.82 Å². The van der Waals surface area contributed by atoms with Crippen LogP contribution in [0, 0.1) is 5.82 Å². The van der Waals surface area contributed by atoms with Gasteiger partial charge in [-0.05, 0) is 42.5 Å². The van der Waals surface area contributed by atoms with Crippen molar-refractivity contribution in [1.29, 1.82) is 0 Å². The van der Waals surface area contributed by atoms with Gasteiger partial charge in [-0.25, -0.2) is 19.3 Å². The van der Waals surface area contributed by atoms with E-state index in [4.69, 9.17) is 0 Å². The van der Waals surface area contributed by atoms with Gasteiger partial charge in [0.25, 0.3) is 5.91 Å². The second-order valence-electron chi connectivity index (χ2n) is 7.46. The van der Waals surface area contributed by atoms with Crippen LogP contribution >= 0.6 is 11.3 Å². The van der Waals surface area contributed by atoms with Crippen molar-refractivity contribution in [2.24, 2.45) is 7.05 Å². The van der Waals surface area contributed by atoms with Crippen molar-refractivity contribution in [3.63, 3.8) is 0 Å². The van der Waals surface area contributed by atoms with Crippen LogP contribution in [0.25, 0.3) is 11.0 Å². The number of pyridine rings is 1. The molecule has 0 spiro atoms. The molecule has 0 radical (unpaired) electrons. The van der Waals surface area contributed by atoms with Crippen LogP contribution in [0.3, 0.4) is 0 Å². The van der Waals surface area contributed by atoms with Crippen molar-refractivity contribution < 1.29 is 9.18 Å². The number of imidazole rings is 1. The molecule has 3 heterocycles. The molecule has 0 aliphatic heterocycles. The molecule has 34 heavy (non-hydrogen) atoms. The normalized spacial score (nSPS) is 10.9. The fraction of sp³-hybridized carbons (Fsp3) is 0.0833. The van der Waals surface area contributed by atoms with Gasteiger partial charge in [-0.2, -0.15) is 0 Å². The number of halogens is 1. The van der Waals surface area contributed by atoms with Crippen LogP contribution in [-0.4, -0.2) is 25.4 Å². The highest BCUT2D eigenvalue weighted by Gasteiger charge is 2.14. The van der Waals surface area contributed by atoms with Crippen molar-refractivity contribution in [2.75, 3.05) is 16.0 Å². The van der Waals surface area contributed by atoms with Crippen molar-refractivity contribution >= 4 is 50.9 Å². The lowest BCUT2D eigenvalue weighted by Crippen LogP contribution is -2.15. The van der Waals surface area contributed by atoms with Gasteiger partial charge in [0.1, 0.15) is 11.6 Å². The van der Waals surface area contributed by atoms with Crippen LogP contribution in [-0.2, 0) is 13.6 Å². The van der Waals surface area contributed by atoms with Crippen LogP contribution in [0.4, 0.5) is 27.0 Å². The van der Waals surface area contributed by atoms with E-state index in [0.29, 0.717) is 29.0 Å². The number of hydrogen-bond acceptors (Lipinski definition) is 7. The Kier molecular flexibility index (Phi) is 5.88. The Hall–Kier alpha value is -4.31. The lowest BCUT2D eigenvalue weighted by Gasteiger charge is -2.09. The van der Waals surface area contributed by atoms with Crippen LogP contribution in [0.5, 0.6) is 0 Å². The molecule has 3 N–H and O–H groups in total. The summed E-state index contributed by atoms with van der Waals surface area (Å²) in [5.74, 6) is 0.293. The van der Waals surface area contributed by atoms with Gasteiger partial charge in [-0.3, -0.25) is 10.1 Å². The summed E-state index contributed by atoms with van der Waals surface area (Å²) >= 11 is 1.43. The molecule has 10 heteroatoms. The lowest BCUT2D eigenvalue weighted by molar-refractivity contribution is 0.102. The Bertz CT molecular complexity index is 1470. The monoisotopic (exact) mass is 473 g/mol. The van der Waals surface area contributed by atoms with Crippen molar-refractivity contribution in [2.45, 2.75) is 6.54 Å². The van der Waals surface area contributed by atoms with Crippen molar-refractivity contribution in [3.8, 4) is 0 Å². The summed E-state index contributed by atoms with van der Waals surface area (Å²) in [5.41, 5.74) is 2.23. The first-order valence-corrected chi connectivity index (χ1v) is 11.3. The zero-order valence-electron chi connectivity index (χ0n) is 18.1. The first-order chi connectivity index (χ1) is 16.6. The van der Waals surface area contributed by atoms with Gasteiger partial charge in [-0.1, -0.05) is 29.5 Å². The quantitative estimate of drug-likeness (QED) is 0.302. The summed E-state index contributed by atoms with van der Waals surface area (Å²) in [4.78, 5) is 26.7. The van der Waals surface area contributed by atoms with Crippen LogP contribution < -0.4 is 16.0 Å². The molecule has 0 fully saturated rings. The molecular weight excluding hydrogens is 453 g/mol. The molecule has 0 unspecified atom stereocenters. The van der Waals surface area contributed by atoms with Gasteiger partial charge in [0.15, 0.2) is 5.13 Å². The van der Waals surface area contributed by atoms with Gasteiger partial charge >= 0.3 is 0 Å². The van der Waals surface area contributed by atoms with Gasteiger partial charge in [0, 0.05) is 29.9 Å². The SMILES string of the molecule is Cn1c(NC(=O)c2ccc(F)c(NCc3cnc(Nc4ccccn4)s3)c2)nc2ccccc21. The number of rotatable bonds is 7. The fourth-order valence-corrected chi connectivity index (χ4v) is 4.17. The van der Waals surface area contributed by atoms with Crippen LogP contribution in [0.15, 0.2) is 73.1 Å². The Morgan fingerprint density at radius 1 is 1.09 bits per heavy atom. The summed E-state index contributed by atoms with van der Waals surface area (Å²) in [6.07, 6.45) is 3.41. The van der Waals surface area contributed by atoms with Gasteiger partial charge in [0.2, 0.25) is 5.95 Å². The summed E-state index contributed by atoms with van der Waals surface area (Å²) in [6.45, 7) is 0.355. The highest BCUT2D eigenvalue weighted by Crippen LogP contribution is 2.24. The minimum absolute atomic E-state index is 0.227. The smallest absolute Gasteiger partial charge is 0.258 e. The van der Waals surface area contributed by atoms with E-state index in [0.717, 1.165) is 15.9 Å². The zero-order valence-corrected chi connectivity index (χ0v) is 18.9. The number of thiazole rings is 1. The molecule has 0 atom stereocenters. The highest BCUT2D eigenvalue weighted by molar-refractivity contribution is 7.15. The maximum absolute atomic E-state index is 14.4. The Balaban J connectivity index is 1.26. The highest BCUT2D eigenvalue weighted by atomic mass is 32.1. The van der Waals surface area contributed by atoms with E-state index in [-0.39, 0.29) is 11.6 Å². The fourth-order valence-electron chi connectivity index (χ4n) is 3.41. The van der Waals surface area contributed by atoms with E-state index in [1.54, 1.807) is 17.0 Å². The number of fused-ring (bicyclic) bond motifs is 1. The molecule has 0 aliphatic rings. The second kappa shape index (κ2) is 9.28. The number of carbonyl (C=O) groups excluding carboxylic acids is 1. The maximum atomic E-state index is 14.4. The molecule has 0 saturated carbocycles. The first kappa shape index (κ1) is 21.5. The zero-order chi connectivity index (χ0) is 23.5. The molecule has 1 amide bonds. The Morgan fingerprint density at radius 3 is 2.76 bits per heavy atom. The van der Waals surface area contributed by atoms with Crippen LogP contribution in [0.1, 0.15) is 15.2 Å². The predicted molar refractivity (Wildman–Crippen MR) is 132 cm³/mol. The Labute approximate surface area is 198 Å². The third-order valence-corrected chi connectivity index (χ3v) is 6.06. The number of aromatic nitrogens is 4. The third kappa shape index (κ3) is 4.57. The number of hydrogen-bond donors (Lipinski definition) is 3. The number of amides is 1. The van der Waals surface area contributed by atoms with Gasteiger partial charge < -0.3 is 15.2 Å². The Morgan fingerprint density at radius 2 is 1.94 bits per heavy atom. The summed E-state index contributed by atoms with van der Waals surface area (Å²) < 4.78 is 16.2. The number of nitrogens with zero attached hydrogens (tertiary/aromatic N) is 4. The topological polar surface area (TPSA) is 96.8 Å². The molecular formula is C24H20FN7OS. The maximum Gasteiger partial charge on any atom is 0.258 e. The molecule has 5 rings (SSSR count). The predicted octanol–water partition coefficient (Wildman–Crippen LogP) is 5.17. The molecule has 5 aromatic rings. The number of benzene rings is 2. The molecule has 0 saturated heterocycles. The van der Waals surface area contributed by atoms with E-state index >= 15 is 0 Å². The van der Waals surface area contributed by atoms with E-state index in [2.05, 4.69) is 30.9 Å². The second-order valence-corrected chi connectivity index (χ2v) is 8.57. The number of nitrogens with one attached hydrogen (secondary N) is 3. The first-order valence-electron chi connectivity index (χ1n) is 10.5. The summed E-state index contributed by atoms with van der Waals surface area (Å²) in [5, 5.41) is 9.67. The molecule has 3 aromatic heterocycles. The molecule has 8 nitrogen and oxygen atoms in total. The number of aryl methyl sites for hydroxylation is 1. The third-order valence-electron chi connectivity index (χ3n) is 5.15. The van der Waals surface area contributed by atoms with Crippen LogP contribution in [0.2, 0.25) is 0 Å². The van der Waals surface area contributed by atoms with E-state index in [1.807, 2.05) is 49.5 Å². The number of para-hydroxylation sites is 2. The van der Waals surface area contributed by atoms with E-state index in [9.17, 15) is 9.18 Å². The lowest BCUT2D eigenvalue weighted by atomic mass is 10.1. The minimum atomic E-state index is -0.448. The molecule has 0 aliphatic carbocycles. The molecule has 2 aromatic carbocycles. The van der Waals surface area contributed by atoms with Crippen molar-refractivity contribution in [1.82, 2.24) is 19.5 Å². The van der Waals surface area contributed by atoms with Gasteiger partial charge in [-0.15, -0.1) is 0 Å². The minimum Gasteiger partial charge on any atom is -0.378 e. The number of carbonyl (C=O) groups is 1. The summed E-state index contributed by atoms with van der Waals surface area (Å²) in [7, 11) is 1.83.